The van der Waals surface area contributed by atoms with Crippen LogP contribution in [0.2, 0.25) is 0 Å². The fraction of sp³-hybridized carbons (Fsp3) is 0.364. The van der Waals surface area contributed by atoms with Crippen molar-refractivity contribution < 1.29 is 9.59 Å². The molecule has 0 aliphatic rings. The van der Waals surface area contributed by atoms with Crippen LogP contribution in [0.4, 0.5) is 22.7 Å². The standard InChI is InChI=1S/C22H26Cl2N4O2/c1-5-27(6-2)19-13-15(21(23)29)9-11-17(19)25-26-18-12-10-16(22(24)30)14-20(18)28(7-3)8-4/h9-14H,5-8H2,1-4H3. The van der Waals surface area contributed by atoms with Crippen LogP contribution in [0.15, 0.2) is 46.6 Å². The first-order chi connectivity index (χ1) is 14.4. The van der Waals surface area contributed by atoms with Crippen LogP contribution in [0.1, 0.15) is 48.4 Å². The number of hydrogen-bond acceptors (Lipinski definition) is 6. The molecule has 0 aliphatic carbocycles. The van der Waals surface area contributed by atoms with Gasteiger partial charge >= 0.3 is 0 Å². The van der Waals surface area contributed by atoms with Crippen molar-refractivity contribution in [3.8, 4) is 0 Å². The Bertz CT molecular complexity index is 863. The van der Waals surface area contributed by atoms with E-state index in [1.165, 1.54) is 0 Å². The molecule has 0 amide bonds. The molecule has 0 saturated heterocycles. The first-order valence-corrected chi connectivity index (χ1v) is 10.7. The topological polar surface area (TPSA) is 65.3 Å². The quantitative estimate of drug-likeness (QED) is 0.305. The van der Waals surface area contributed by atoms with E-state index < -0.39 is 10.5 Å². The number of carbonyl (C=O) groups excluding carboxylic acids is 2. The van der Waals surface area contributed by atoms with E-state index in [2.05, 4.69) is 20.0 Å². The molecular formula is C22H26Cl2N4O2. The van der Waals surface area contributed by atoms with Crippen molar-refractivity contribution in [3.63, 3.8) is 0 Å². The van der Waals surface area contributed by atoms with Gasteiger partial charge in [0.25, 0.3) is 10.5 Å². The summed E-state index contributed by atoms with van der Waals surface area (Å²) in [5.41, 5.74) is 3.64. The summed E-state index contributed by atoms with van der Waals surface area (Å²) < 4.78 is 0. The maximum Gasteiger partial charge on any atom is 0.252 e. The van der Waals surface area contributed by atoms with Crippen molar-refractivity contribution in [1.82, 2.24) is 0 Å². The molecule has 2 rings (SSSR count). The van der Waals surface area contributed by atoms with Gasteiger partial charge in [-0.05, 0) is 87.3 Å². The second kappa shape index (κ2) is 11.1. The Hall–Kier alpha value is -2.44. The molecule has 6 nitrogen and oxygen atoms in total. The van der Waals surface area contributed by atoms with Gasteiger partial charge in [0.2, 0.25) is 0 Å². The molecular weight excluding hydrogens is 423 g/mol. The monoisotopic (exact) mass is 448 g/mol. The van der Waals surface area contributed by atoms with Crippen LogP contribution in [-0.2, 0) is 0 Å². The lowest BCUT2D eigenvalue weighted by Gasteiger charge is -2.23. The van der Waals surface area contributed by atoms with E-state index in [1.807, 2.05) is 27.7 Å². The highest BCUT2D eigenvalue weighted by Crippen LogP contribution is 2.35. The second-order valence-electron chi connectivity index (χ2n) is 6.50. The zero-order chi connectivity index (χ0) is 22.3. The van der Waals surface area contributed by atoms with Gasteiger partial charge in [-0.25, -0.2) is 0 Å². The van der Waals surface area contributed by atoms with Crippen LogP contribution in [0, 0.1) is 0 Å². The van der Waals surface area contributed by atoms with Gasteiger partial charge in [0.05, 0.1) is 11.4 Å². The lowest BCUT2D eigenvalue weighted by Crippen LogP contribution is -2.22. The van der Waals surface area contributed by atoms with E-state index in [0.717, 1.165) is 37.6 Å². The Balaban J connectivity index is 2.55. The first-order valence-electron chi connectivity index (χ1n) is 9.95. The van der Waals surface area contributed by atoms with Crippen molar-refractivity contribution in [2.24, 2.45) is 10.2 Å². The van der Waals surface area contributed by atoms with Crippen LogP contribution in [-0.4, -0.2) is 36.7 Å². The van der Waals surface area contributed by atoms with Crippen LogP contribution in [0.25, 0.3) is 0 Å². The molecule has 0 bridgehead atoms. The highest BCUT2D eigenvalue weighted by Gasteiger charge is 2.15. The Morgan fingerprint density at radius 2 is 1.03 bits per heavy atom. The van der Waals surface area contributed by atoms with Crippen molar-refractivity contribution in [1.29, 1.82) is 0 Å². The molecule has 2 aromatic carbocycles. The molecule has 0 saturated carbocycles. The minimum Gasteiger partial charge on any atom is -0.370 e. The molecule has 8 heteroatoms. The molecule has 160 valence electrons. The van der Waals surface area contributed by atoms with Crippen molar-refractivity contribution in [3.05, 3.63) is 47.5 Å². The zero-order valence-corrected chi connectivity index (χ0v) is 19.2. The fourth-order valence-electron chi connectivity index (χ4n) is 3.20. The molecule has 0 radical (unpaired) electrons. The Morgan fingerprint density at radius 1 is 0.700 bits per heavy atom. The molecule has 0 aliphatic heterocycles. The van der Waals surface area contributed by atoms with Gasteiger partial charge in [0.1, 0.15) is 11.4 Å². The summed E-state index contributed by atoms with van der Waals surface area (Å²) in [6, 6.07) is 10.2. The minimum absolute atomic E-state index is 0.409. The zero-order valence-electron chi connectivity index (χ0n) is 17.7. The van der Waals surface area contributed by atoms with Crippen LogP contribution >= 0.6 is 23.2 Å². The first kappa shape index (κ1) is 23.8. The second-order valence-corrected chi connectivity index (χ2v) is 7.19. The summed E-state index contributed by atoms with van der Waals surface area (Å²) in [4.78, 5) is 27.4. The van der Waals surface area contributed by atoms with Crippen molar-refractivity contribution in [2.45, 2.75) is 27.7 Å². The maximum atomic E-state index is 11.6. The SMILES string of the molecule is CCN(CC)c1cc(C(=O)Cl)ccc1N=Nc1ccc(C(=O)Cl)cc1N(CC)CC. The molecule has 2 aromatic rings. The summed E-state index contributed by atoms with van der Waals surface area (Å²) in [5.74, 6) is 0. The summed E-state index contributed by atoms with van der Waals surface area (Å²) >= 11 is 11.3. The summed E-state index contributed by atoms with van der Waals surface area (Å²) in [6.07, 6.45) is 0. The predicted octanol–water partition coefficient (Wildman–Crippen LogP) is 6.55. The van der Waals surface area contributed by atoms with E-state index in [9.17, 15) is 9.59 Å². The van der Waals surface area contributed by atoms with E-state index in [1.54, 1.807) is 36.4 Å². The van der Waals surface area contributed by atoms with Crippen molar-refractivity contribution in [2.75, 3.05) is 36.0 Å². The Kier molecular flexibility index (Phi) is 8.81. The third kappa shape index (κ3) is 5.58. The number of hydrogen-bond donors (Lipinski definition) is 0. The molecule has 30 heavy (non-hydrogen) atoms. The summed E-state index contributed by atoms with van der Waals surface area (Å²) in [6.45, 7) is 11.1. The van der Waals surface area contributed by atoms with E-state index in [0.29, 0.717) is 22.5 Å². The average molecular weight is 449 g/mol. The normalized spacial score (nSPS) is 11.0. The highest BCUT2D eigenvalue weighted by atomic mass is 35.5. The highest BCUT2D eigenvalue weighted by molar-refractivity contribution is 6.68. The Morgan fingerprint density at radius 3 is 1.30 bits per heavy atom. The molecule has 0 fully saturated rings. The molecule has 0 atom stereocenters. The largest absolute Gasteiger partial charge is 0.370 e. The lowest BCUT2D eigenvalue weighted by molar-refractivity contribution is 0.107. The number of rotatable bonds is 10. The molecule has 0 spiro atoms. The molecule has 0 N–H and O–H groups in total. The lowest BCUT2D eigenvalue weighted by atomic mass is 10.1. The van der Waals surface area contributed by atoms with Gasteiger partial charge in [-0.15, -0.1) is 10.2 Å². The van der Waals surface area contributed by atoms with Crippen molar-refractivity contribution >= 4 is 56.4 Å². The minimum atomic E-state index is -0.517. The number of anilines is 2. The number of carbonyl (C=O) groups is 2. The number of nitrogens with zero attached hydrogens (tertiary/aromatic N) is 4. The third-order valence-electron chi connectivity index (χ3n) is 4.88. The smallest absolute Gasteiger partial charge is 0.252 e. The van der Waals surface area contributed by atoms with E-state index in [-0.39, 0.29) is 0 Å². The fourth-order valence-corrected chi connectivity index (χ4v) is 3.44. The van der Waals surface area contributed by atoms with Gasteiger partial charge < -0.3 is 9.80 Å². The van der Waals surface area contributed by atoms with Crippen LogP contribution in [0.3, 0.4) is 0 Å². The number of halogens is 2. The van der Waals surface area contributed by atoms with Crippen LogP contribution in [0.5, 0.6) is 0 Å². The summed E-state index contributed by atoms with van der Waals surface area (Å²) in [7, 11) is 0. The van der Waals surface area contributed by atoms with Gasteiger partial charge in [-0.2, -0.15) is 0 Å². The van der Waals surface area contributed by atoms with Gasteiger partial charge in [0.15, 0.2) is 0 Å². The van der Waals surface area contributed by atoms with Crippen LogP contribution < -0.4 is 9.80 Å². The Labute approximate surface area is 187 Å². The van der Waals surface area contributed by atoms with E-state index >= 15 is 0 Å². The summed E-state index contributed by atoms with van der Waals surface area (Å²) in [5, 5.41) is 7.90. The number of benzene rings is 2. The third-order valence-corrected chi connectivity index (χ3v) is 5.31. The predicted molar refractivity (Wildman–Crippen MR) is 125 cm³/mol. The van der Waals surface area contributed by atoms with Gasteiger partial charge in [-0.1, -0.05) is 0 Å². The van der Waals surface area contributed by atoms with Gasteiger partial charge in [0, 0.05) is 37.3 Å². The number of azo groups is 1. The average Bonchev–Trinajstić information content (AvgIpc) is 2.74. The van der Waals surface area contributed by atoms with Gasteiger partial charge in [-0.3, -0.25) is 9.59 Å². The molecule has 0 heterocycles. The maximum absolute atomic E-state index is 11.6. The molecule has 0 aromatic heterocycles. The molecule has 0 unspecified atom stereocenters. The van der Waals surface area contributed by atoms with E-state index in [4.69, 9.17) is 23.2 Å².